The molecule has 0 saturated heterocycles. The van der Waals surface area contributed by atoms with Crippen LogP contribution in [-0.2, 0) is 0 Å². The van der Waals surface area contributed by atoms with E-state index in [9.17, 15) is 23.8 Å². The molecule has 1 rings (SSSR count). The Morgan fingerprint density at radius 3 is 1.86 bits per heavy atom. The van der Waals surface area contributed by atoms with Gasteiger partial charge in [0.2, 0.25) is 0 Å². The molecule has 1 aromatic rings. The fourth-order valence-corrected chi connectivity index (χ4v) is 1.40. The largest absolute Gasteiger partial charge is 0.310 e. The lowest BCUT2D eigenvalue weighted by atomic mass is 9.96. The van der Waals surface area contributed by atoms with Gasteiger partial charge in [0.05, 0.1) is 0 Å². The first-order chi connectivity index (χ1) is 5.90. The minimum Gasteiger partial charge on any atom is -0.208 e. The van der Waals surface area contributed by atoms with Gasteiger partial charge >= 0.3 is 10.2 Å². The van der Waals surface area contributed by atoms with E-state index in [-0.39, 0.29) is 12.1 Å². The van der Waals surface area contributed by atoms with Gasteiger partial charge in [-0.05, 0) is 12.1 Å². The van der Waals surface area contributed by atoms with Gasteiger partial charge in [-0.1, -0.05) is 31.0 Å². The maximum absolute atomic E-state index is 12.5. The summed E-state index contributed by atoms with van der Waals surface area (Å²) in [5, 5.41) is 0. The molecule has 0 amide bonds. The molecule has 0 N–H and O–H groups in total. The summed E-state index contributed by atoms with van der Waals surface area (Å²) in [7, 11) is -4.94. The topological polar surface area (TPSA) is 0 Å². The monoisotopic (exact) mass is 232 g/mol. The first kappa shape index (κ1) is 11.3. The second-order valence-electron chi connectivity index (χ2n) is 2.65. The fraction of sp³-hybridized carbons (Fsp3) is 0. The van der Waals surface area contributed by atoms with Gasteiger partial charge in [-0.25, -0.2) is 4.39 Å². The average Bonchev–Trinajstić information content (AvgIpc) is 1.89. The van der Waals surface area contributed by atoms with Crippen LogP contribution < -0.4 is 5.46 Å². The number of hydrogen-bond acceptors (Lipinski definition) is 0. The van der Waals surface area contributed by atoms with Gasteiger partial charge in [0, 0.05) is 0 Å². The smallest absolute Gasteiger partial charge is 0.208 e. The third-order valence-corrected chi connectivity index (χ3v) is 2.56. The van der Waals surface area contributed by atoms with Crippen molar-refractivity contribution < 1.29 is 23.8 Å². The minimum atomic E-state index is -9.78. The van der Waals surface area contributed by atoms with E-state index in [2.05, 4.69) is 0 Å². The third-order valence-electron chi connectivity index (χ3n) is 1.42. The van der Waals surface area contributed by atoms with E-state index in [1.54, 1.807) is 0 Å². The molecule has 1 aromatic carbocycles. The van der Waals surface area contributed by atoms with Crippen LogP contribution in [0.4, 0.5) is 23.8 Å². The Balaban J connectivity index is 3.45. The van der Waals surface area contributed by atoms with Crippen molar-refractivity contribution in [3.05, 3.63) is 24.0 Å². The summed E-state index contributed by atoms with van der Waals surface area (Å²) in [6.07, 6.45) is 0. The molecule has 0 aliphatic rings. The van der Waals surface area contributed by atoms with E-state index in [0.717, 1.165) is 0 Å². The molecule has 0 unspecified atom stereocenters. The van der Waals surface area contributed by atoms with Crippen LogP contribution >= 0.6 is 10.2 Å². The molecule has 0 aromatic heterocycles. The molecule has 78 valence electrons. The molecule has 0 atom stereocenters. The van der Waals surface area contributed by atoms with Gasteiger partial charge < -0.3 is 0 Å². The molecule has 14 heavy (non-hydrogen) atoms. The highest BCUT2D eigenvalue weighted by molar-refractivity contribution is 8.45. The van der Waals surface area contributed by atoms with Crippen LogP contribution in [-0.4, -0.2) is 7.85 Å². The molecule has 0 saturated carbocycles. The predicted molar refractivity (Wildman–Crippen MR) is 43.2 cm³/mol. The summed E-state index contributed by atoms with van der Waals surface area (Å²) < 4.78 is 72.8. The number of benzene rings is 1. The lowest BCUT2D eigenvalue weighted by Crippen LogP contribution is -2.12. The van der Waals surface area contributed by atoms with Crippen molar-refractivity contribution in [1.29, 1.82) is 0 Å². The Morgan fingerprint density at radius 1 is 1.00 bits per heavy atom. The van der Waals surface area contributed by atoms with Crippen LogP contribution in [0.5, 0.6) is 0 Å². The normalized spacial score (nSPS) is 17.3. The minimum absolute atomic E-state index is 0.0555. The number of halogens is 6. The summed E-state index contributed by atoms with van der Waals surface area (Å²) in [5.74, 6) is -1.52. The standard InChI is InChI=1S/C6H3BF6S/c7-5-2-1-4(3-6(5)8)14(9,10,11,12)13/h1-3H. The van der Waals surface area contributed by atoms with Gasteiger partial charge in [0.15, 0.2) is 0 Å². The predicted octanol–water partition coefficient (Wildman–Crippen LogP) is 3.28. The molecule has 0 nitrogen and oxygen atoms in total. The first-order valence-electron chi connectivity index (χ1n) is 3.19. The van der Waals surface area contributed by atoms with E-state index in [1.165, 1.54) is 0 Å². The van der Waals surface area contributed by atoms with Crippen LogP contribution in [0.2, 0.25) is 0 Å². The second-order valence-corrected chi connectivity index (χ2v) is 5.06. The fourth-order valence-electron chi connectivity index (χ4n) is 0.748. The Labute approximate surface area is 77.0 Å². The van der Waals surface area contributed by atoms with Crippen molar-refractivity contribution in [1.82, 2.24) is 0 Å². The average molecular weight is 232 g/mol. The van der Waals surface area contributed by atoms with Crippen molar-refractivity contribution in [2.45, 2.75) is 4.90 Å². The Bertz CT molecular complexity index is 382. The highest BCUT2D eigenvalue weighted by Crippen LogP contribution is 3.02. The first-order valence-corrected chi connectivity index (χ1v) is 5.14. The zero-order chi connectivity index (χ0) is 11.3. The van der Waals surface area contributed by atoms with Crippen molar-refractivity contribution in [3.63, 3.8) is 0 Å². The summed E-state index contributed by atoms with van der Waals surface area (Å²) >= 11 is 0. The van der Waals surface area contributed by atoms with Gasteiger partial charge in [-0.15, -0.1) is 0 Å². The quantitative estimate of drug-likeness (QED) is 0.514. The van der Waals surface area contributed by atoms with Gasteiger partial charge in [-0.2, -0.15) is 0 Å². The van der Waals surface area contributed by atoms with Crippen molar-refractivity contribution in [3.8, 4) is 0 Å². The molecule has 0 heterocycles. The Kier molecular flexibility index (Phi) is 1.80. The summed E-state index contributed by atoms with van der Waals surface area (Å²) in [6, 6.07) is 0.194. The summed E-state index contributed by atoms with van der Waals surface area (Å²) in [5.41, 5.74) is -0.615. The molecule has 0 aliphatic heterocycles. The van der Waals surface area contributed by atoms with Crippen LogP contribution in [0.15, 0.2) is 23.1 Å². The number of rotatable bonds is 1. The summed E-state index contributed by atoms with van der Waals surface area (Å²) in [4.78, 5) is -2.28. The van der Waals surface area contributed by atoms with E-state index < -0.39 is 26.4 Å². The molecule has 0 bridgehead atoms. The maximum atomic E-state index is 12.5. The molecule has 0 spiro atoms. The van der Waals surface area contributed by atoms with Crippen LogP contribution in [0.3, 0.4) is 0 Å². The Hall–Kier alpha value is -0.785. The second kappa shape index (κ2) is 2.24. The van der Waals surface area contributed by atoms with E-state index in [1.807, 2.05) is 0 Å². The highest BCUT2D eigenvalue weighted by Gasteiger charge is 2.65. The van der Waals surface area contributed by atoms with E-state index in [4.69, 9.17) is 7.85 Å². The SMILES string of the molecule is [B]c1ccc(S(F)(F)(F)(F)F)cc1F. The molecule has 0 aliphatic carbocycles. The molecule has 0 fully saturated rings. The van der Waals surface area contributed by atoms with Gasteiger partial charge in [0.25, 0.3) is 0 Å². The summed E-state index contributed by atoms with van der Waals surface area (Å²) in [6.45, 7) is 0. The van der Waals surface area contributed by atoms with Gasteiger partial charge in [-0.3, -0.25) is 0 Å². The zero-order valence-electron chi connectivity index (χ0n) is 6.49. The molecule has 2 radical (unpaired) electrons. The molecule has 8 heteroatoms. The Morgan fingerprint density at radius 2 is 1.50 bits per heavy atom. The zero-order valence-corrected chi connectivity index (χ0v) is 7.30. The lowest BCUT2D eigenvalue weighted by Gasteiger charge is -2.40. The van der Waals surface area contributed by atoms with Crippen LogP contribution in [0, 0.1) is 5.82 Å². The maximum Gasteiger partial charge on any atom is 0.310 e. The molecular formula is C6H3BF6S. The lowest BCUT2D eigenvalue weighted by molar-refractivity contribution is 0.363. The van der Waals surface area contributed by atoms with Crippen molar-refractivity contribution in [2.24, 2.45) is 0 Å². The highest BCUT2D eigenvalue weighted by atomic mass is 32.5. The van der Waals surface area contributed by atoms with E-state index in [0.29, 0.717) is 6.07 Å². The van der Waals surface area contributed by atoms with Crippen LogP contribution in [0.1, 0.15) is 0 Å². The number of hydrogen-bond donors (Lipinski definition) is 0. The van der Waals surface area contributed by atoms with Crippen molar-refractivity contribution >= 4 is 23.5 Å². The van der Waals surface area contributed by atoms with Crippen LogP contribution in [0.25, 0.3) is 0 Å². The molecular weight excluding hydrogens is 229 g/mol. The van der Waals surface area contributed by atoms with Gasteiger partial charge in [0.1, 0.15) is 18.6 Å². The van der Waals surface area contributed by atoms with E-state index >= 15 is 0 Å². The van der Waals surface area contributed by atoms with Crippen molar-refractivity contribution in [2.75, 3.05) is 0 Å². The third kappa shape index (κ3) is 2.37.